The molecule has 2 aromatic heterocycles. The monoisotopic (exact) mass is 756 g/mol. The van der Waals surface area contributed by atoms with Gasteiger partial charge in [-0.15, -0.1) is 0 Å². The fourth-order valence-corrected chi connectivity index (χ4v) is 6.32. The van der Waals surface area contributed by atoms with E-state index < -0.39 is 0 Å². The average molecular weight is 757 g/mol. The molecule has 2 heterocycles. The fourth-order valence-electron chi connectivity index (χ4n) is 4.31. The first-order valence-electron chi connectivity index (χ1n) is 12.6. The largest absolute Gasteiger partial charge is 1.00 e. The summed E-state index contributed by atoms with van der Waals surface area (Å²) < 4.78 is 15.3. The van der Waals surface area contributed by atoms with Crippen molar-refractivity contribution in [3.05, 3.63) is 67.6 Å². The number of hydrogen-bond acceptors (Lipinski definition) is 4. The van der Waals surface area contributed by atoms with Crippen molar-refractivity contribution in [3.63, 3.8) is 0 Å². The van der Waals surface area contributed by atoms with Crippen molar-refractivity contribution < 1.29 is 66.6 Å². The van der Waals surface area contributed by atoms with Crippen LogP contribution in [0.3, 0.4) is 0 Å². The second-order valence-electron chi connectivity index (χ2n) is 9.07. The first kappa shape index (κ1) is 33.9. The standard InChI is InChI=1S/C28H42N2O2S2.2HI/c1-23-27(15-19-31-3)33-21-29(23)17-7-5-9-25-11-13-26(14-12-25)10-6-8-18-30-22-34-28(24(30)2)16-20-32-4;;/h11-14,21-22H,5-10,15-20H2,1-4H3;2*1H/q+2;;/p-2. The van der Waals surface area contributed by atoms with Crippen molar-refractivity contribution in [3.8, 4) is 0 Å². The third kappa shape index (κ3) is 10.9. The summed E-state index contributed by atoms with van der Waals surface area (Å²) >= 11 is 3.72. The molecule has 1 aromatic carbocycles. The number of methoxy groups -OCH3 is 2. The molecule has 0 fully saturated rings. The number of thiazole rings is 2. The quantitative estimate of drug-likeness (QED) is 0.111. The summed E-state index contributed by atoms with van der Waals surface area (Å²) in [5, 5.41) is 0. The summed E-state index contributed by atoms with van der Waals surface area (Å²) in [6, 6.07) is 9.34. The molecule has 3 rings (SSSR count). The Balaban J connectivity index is 0.00000324. The summed E-state index contributed by atoms with van der Waals surface area (Å²) in [5.41, 5.74) is 10.3. The number of nitrogens with zero attached hydrogens (tertiary/aromatic N) is 2. The van der Waals surface area contributed by atoms with Crippen molar-refractivity contribution in [2.24, 2.45) is 0 Å². The normalized spacial score (nSPS) is 10.8. The van der Waals surface area contributed by atoms with Crippen LogP contribution in [0.15, 0.2) is 35.3 Å². The summed E-state index contributed by atoms with van der Waals surface area (Å²) in [7, 11) is 3.55. The van der Waals surface area contributed by atoms with Crippen LogP contribution in [0.1, 0.15) is 58.0 Å². The van der Waals surface area contributed by atoms with Crippen LogP contribution in [0.4, 0.5) is 0 Å². The molecule has 0 atom stereocenters. The molecule has 0 aliphatic rings. The molecule has 0 aliphatic carbocycles. The Labute approximate surface area is 260 Å². The van der Waals surface area contributed by atoms with Gasteiger partial charge in [0.1, 0.15) is 13.1 Å². The van der Waals surface area contributed by atoms with Gasteiger partial charge >= 0.3 is 0 Å². The van der Waals surface area contributed by atoms with Gasteiger partial charge in [-0.1, -0.05) is 46.9 Å². The lowest BCUT2D eigenvalue weighted by Gasteiger charge is -2.04. The number of unbranched alkanes of at least 4 members (excludes halogenated alkanes) is 2. The molecular formula is C28H42I2N2O2S2. The van der Waals surface area contributed by atoms with Gasteiger partial charge in [-0.25, -0.2) is 0 Å². The van der Waals surface area contributed by atoms with Crippen LogP contribution < -0.4 is 57.1 Å². The van der Waals surface area contributed by atoms with E-state index in [0.717, 1.165) is 39.1 Å². The molecule has 8 heteroatoms. The zero-order valence-corrected chi connectivity index (χ0v) is 28.2. The lowest BCUT2D eigenvalue weighted by Crippen LogP contribution is -3.00. The Morgan fingerprint density at radius 2 is 1.00 bits per heavy atom. The van der Waals surface area contributed by atoms with Gasteiger partial charge in [-0.2, -0.15) is 9.13 Å². The maximum atomic E-state index is 5.22. The van der Waals surface area contributed by atoms with E-state index in [1.807, 2.05) is 22.7 Å². The number of hydrogen-bond donors (Lipinski definition) is 0. The van der Waals surface area contributed by atoms with Crippen LogP contribution in [-0.4, -0.2) is 27.4 Å². The van der Waals surface area contributed by atoms with Gasteiger partial charge in [-0.05, 0) is 36.8 Å². The minimum Gasteiger partial charge on any atom is -1.00 e. The van der Waals surface area contributed by atoms with Crippen LogP contribution in [0, 0.1) is 13.8 Å². The summed E-state index contributed by atoms with van der Waals surface area (Å²) in [5.74, 6) is 0. The van der Waals surface area contributed by atoms with E-state index in [-0.39, 0.29) is 48.0 Å². The Bertz CT molecular complexity index is 911. The van der Waals surface area contributed by atoms with Gasteiger partial charge < -0.3 is 57.4 Å². The third-order valence-electron chi connectivity index (χ3n) is 6.63. The van der Waals surface area contributed by atoms with E-state index >= 15 is 0 Å². The van der Waals surface area contributed by atoms with Gasteiger partial charge in [0.15, 0.2) is 11.4 Å². The van der Waals surface area contributed by atoms with Crippen LogP contribution in [0.25, 0.3) is 0 Å². The van der Waals surface area contributed by atoms with Crippen LogP contribution >= 0.6 is 22.7 Å². The molecule has 4 nitrogen and oxygen atoms in total. The fraction of sp³-hybridized carbons (Fsp3) is 0.571. The molecular weight excluding hydrogens is 714 g/mol. The predicted molar refractivity (Wildman–Crippen MR) is 142 cm³/mol. The average Bonchev–Trinajstić information content (AvgIpc) is 3.39. The molecule has 0 N–H and O–H groups in total. The number of aryl methyl sites for hydroxylation is 4. The Hall–Kier alpha value is -0.140. The molecule has 0 bridgehead atoms. The predicted octanol–water partition coefficient (Wildman–Crippen LogP) is -0.567. The number of aromatic nitrogens is 2. The van der Waals surface area contributed by atoms with Gasteiger partial charge in [0.05, 0.1) is 23.0 Å². The van der Waals surface area contributed by atoms with Gasteiger partial charge in [0.2, 0.25) is 11.0 Å². The van der Waals surface area contributed by atoms with Crippen LogP contribution in [0.2, 0.25) is 0 Å². The number of benzene rings is 1. The topological polar surface area (TPSA) is 26.2 Å². The highest BCUT2D eigenvalue weighted by molar-refractivity contribution is 7.09. The van der Waals surface area contributed by atoms with Crippen LogP contribution in [0.5, 0.6) is 0 Å². The second kappa shape index (κ2) is 19.0. The molecule has 202 valence electrons. The number of ether oxygens (including phenoxy) is 2. The van der Waals surface area contributed by atoms with Gasteiger partial charge in [0.25, 0.3) is 0 Å². The minimum atomic E-state index is 0. The second-order valence-corrected chi connectivity index (χ2v) is 10.9. The summed E-state index contributed by atoms with van der Waals surface area (Å²) in [6.45, 7) is 8.31. The zero-order chi connectivity index (χ0) is 24.2. The van der Waals surface area contributed by atoms with Crippen molar-refractivity contribution in [2.75, 3.05) is 27.4 Å². The molecule has 0 radical (unpaired) electrons. The maximum absolute atomic E-state index is 5.22. The van der Waals surface area contributed by atoms with E-state index in [0.29, 0.717) is 0 Å². The Morgan fingerprint density at radius 3 is 1.36 bits per heavy atom. The molecule has 0 spiro atoms. The first-order valence-corrected chi connectivity index (χ1v) is 14.4. The number of rotatable bonds is 16. The van der Waals surface area contributed by atoms with Crippen molar-refractivity contribution >= 4 is 22.7 Å². The SMILES string of the molecule is COCCc1sc[n+](CCCCc2ccc(CCCC[n+]3csc(CCOC)c3C)cc2)c1C.[I-].[I-]. The van der Waals surface area contributed by atoms with E-state index in [2.05, 4.69) is 58.3 Å². The minimum absolute atomic E-state index is 0. The van der Waals surface area contributed by atoms with Gasteiger partial charge in [-0.3, -0.25) is 0 Å². The lowest BCUT2D eigenvalue weighted by atomic mass is 10.0. The lowest BCUT2D eigenvalue weighted by molar-refractivity contribution is -0.698. The molecule has 0 aliphatic heterocycles. The first-order chi connectivity index (χ1) is 16.6. The van der Waals surface area contributed by atoms with Crippen LogP contribution in [-0.2, 0) is 48.2 Å². The Kier molecular flexibility index (Phi) is 17.9. The summed E-state index contributed by atoms with van der Waals surface area (Å²) in [4.78, 5) is 2.90. The van der Waals surface area contributed by atoms with Crippen molar-refractivity contribution in [2.45, 2.75) is 78.3 Å². The Morgan fingerprint density at radius 1 is 0.611 bits per heavy atom. The van der Waals surface area contributed by atoms with Crippen molar-refractivity contribution in [1.29, 1.82) is 0 Å². The van der Waals surface area contributed by atoms with E-state index in [1.165, 1.54) is 70.8 Å². The highest BCUT2D eigenvalue weighted by Crippen LogP contribution is 2.15. The molecule has 0 saturated heterocycles. The zero-order valence-electron chi connectivity index (χ0n) is 22.2. The highest BCUT2D eigenvalue weighted by atomic mass is 127. The molecule has 0 amide bonds. The molecule has 3 aromatic rings. The van der Waals surface area contributed by atoms with E-state index in [9.17, 15) is 0 Å². The molecule has 0 saturated carbocycles. The molecule has 36 heavy (non-hydrogen) atoms. The smallest absolute Gasteiger partial charge is 0.225 e. The van der Waals surface area contributed by atoms with Crippen molar-refractivity contribution in [1.82, 2.24) is 0 Å². The van der Waals surface area contributed by atoms with Gasteiger partial charge in [0, 0.05) is 53.8 Å². The molecule has 0 unspecified atom stereocenters. The third-order valence-corrected chi connectivity index (χ3v) is 8.92. The van der Waals surface area contributed by atoms with E-state index in [1.54, 1.807) is 14.2 Å². The number of halogens is 2. The van der Waals surface area contributed by atoms with E-state index in [4.69, 9.17) is 9.47 Å². The highest BCUT2D eigenvalue weighted by Gasteiger charge is 2.15. The summed E-state index contributed by atoms with van der Waals surface area (Å²) in [6.07, 6.45) is 9.29. The maximum Gasteiger partial charge on any atom is 0.225 e.